The van der Waals surface area contributed by atoms with Gasteiger partial charge in [0.05, 0.1) is 0 Å². The van der Waals surface area contributed by atoms with Gasteiger partial charge >= 0.3 is 0 Å². The van der Waals surface area contributed by atoms with Crippen molar-refractivity contribution in [2.75, 3.05) is 0 Å². The second-order valence-corrected chi connectivity index (χ2v) is 5.00. The van der Waals surface area contributed by atoms with Gasteiger partial charge in [-0.2, -0.15) is 0 Å². The molecule has 0 saturated heterocycles. The van der Waals surface area contributed by atoms with Gasteiger partial charge in [-0.15, -0.1) is 0 Å². The van der Waals surface area contributed by atoms with Crippen molar-refractivity contribution in [1.29, 1.82) is 0 Å². The molecule has 1 aliphatic carbocycles. The number of rotatable bonds is 3. The number of halogens is 2. The molecule has 2 nitrogen and oxygen atoms in total. The number of benzene rings is 1. The van der Waals surface area contributed by atoms with E-state index in [0.29, 0.717) is 11.8 Å². The van der Waals surface area contributed by atoms with Gasteiger partial charge in [0.15, 0.2) is 11.6 Å². The maximum absolute atomic E-state index is 13.2. The summed E-state index contributed by atoms with van der Waals surface area (Å²) in [5, 5.41) is 0. The molecule has 1 saturated carbocycles. The standard InChI is InChI=1S/C13H18F2N2/c1-8-2-3-9(6-8)13(17-16)10-4-5-11(14)12(15)7-10/h4-5,7-9,13,17H,2-3,6,16H2,1H3. The summed E-state index contributed by atoms with van der Waals surface area (Å²) < 4.78 is 26.1. The topological polar surface area (TPSA) is 38.0 Å². The summed E-state index contributed by atoms with van der Waals surface area (Å²) >= 11 is 0. The molecule has 4 heteroatoms. The lowest BCUT2D eigenvalue weighted by molar-refractivity contribution is 0.362. The number of nitrogens with one attached hydrogen (secondary N) is 1. The van der Waals surface area contributed by atoms with E-state index in [1.54, 1.807) is 6.07 Å². The van der Waals surface area contributed by atoms with Crippen LogP contribution in [0.15, 0.2) is 18.2 Å². The highest BCUT2D eigenvalue weighted by Gasteiger charge is 2.29. The minimum atomic E-state index is -0.815. The fourth-order valence-corrected chi connectivity index (χ4v) is 2.76. The Morgan fingerprint density at radius 3 is 2.59 bits per heavy atom. The Morgan fingerprint density at radius 1 is 1.29 bits per heavy atom. The summed E-state index contributed by atoms with van der Waals surface area (Å²) in [5.74, 6) is 5.01. The number of hydrogen-bond acceptors (Lipinski definition) is 2. The molecule has 0 amide bonds. The van der Waals surface area contributed by atoms with E-state index >= 15 is 0 Å². The van der Waals surface area contributed by atoms with E-state index in [4.69, 9.17) is 5.84 Å². The first-order chi connectivity index (χ1) is 8.11. The normalized spacial score (nSPS) is 26.1. The van der Waals surface area contributed by atoms with Crippen LogP contribution in [0.25, 0.3) is 0 Å². The molecule has 0 spiro atoms. The van der Waals surface area contributed by atoms with E-state index in [1.165, 1.54) is 12.5 Å². The minimum absolute atomic E-state index is 0.0879. The predicted octanol–water partition coefficient (Wildman–Crippen LogP) is 2.91. The highest BCUT2D eigenvalue weighted by atomic mass is 19.2. The van der Waals surface area contributed by atoms with Crippen LogP contribution in [-0.2, 0) is 0 Å². The highest BCUT2D eigenvalue weighted by Crippen LogP contribution is 2.38. The van der Waals surface area contributed by atoms with E-state index in [1.807, 2.05) is 0 Å². The van der Waals surface area contributed by atoms with Gasteiger partial charge in [-0.1, -0.05) is 19.4 Å². The number of nitrogens with two attached hydrogens (primary N) is 1. The second kappa shape index (κ2) is 5.10. The monoisotopic (exact) mass is 240 g/mol. The minimum Gasteiger partial charge on any atom is -0.271 e. The van der Waals surface area contributed by atoms with Gasteiger partial charge in [-0.05, 0) is 42.4 Å². The summed E-state index contributed by atoms with van der Waals surface area (Å²) in [6.45, 7) is 2.21. The van der Waals surface area contributed by atoms with Crippen molar-refractivity contribution in [2.24, 2.45) is 17.7 Å². The lowest BCUT2D eigenvalue weighted by Crippen LogP contribution is -2.32. The van der Waals surface area contributed by atoms with Gasteiger partial charge in [0.1, 0.15) is 0 Å². The molecule has 0 heterocycles. The first kappa shape index (κ1) is 12.5. The lowest BCUT2D eigenvalue weighted by Gasteiger charge is -2.23. The zero-order valence-electron chi connectivity index (χ0n) is 9.92. The van der Waals surface area contributed by atoms with Crippen molar-refractivity contribution >= 4 is 0 Å². The van der Waals surface area contributed by atoms with Crippen molar-refractivity contribution in [3.8, 4) is 0 Å². The van der Waals surface area contributed by atoms with E-state index in [2.05, 4.69) is 12.3 Å². The maximum Gasteiger partial charge on any atom is 0.159 e. The molecule has 0 aromatic heterocycles. The van der Waals surface area contributed by atoms with Crippen LogP contribution in [0.4, 0.5) is 8.78 Å². The molecule has 0 radical (unpaired) electrons. The van der Waals surface area contributed by atoms with Crippen LogP contribution in [0.2, 0.25) is 0 Å². The molecule has 0 aliphatic heterocycles. The third kappa shape index (κ3) is 2.64. The Hall–Kier alpha value is -1.00. The molecule has 1 aliphatic rings. The van der Waals surface area contributed by atoms with Crippen LogP contribution in [0.1, 0.15) is 37.8 Å². The second-order valence-electron chi connectivity index (χ2n) is 5.00. The molecule has 3 atom stereocenters. The fraction of sp³-hybridized carbons (Fsp3) is 0.538. The molecule has 2 rings (SSSR count). The van der Waals surface area contributed by atoms with E-state index in [9.17, 15) is 8.78 Å². The van der Waals surface area contributed by atoms with Crippen molar-refractivity contribution in [3.05, 3.63) is 35.4 Å². The average molecular weight is 240 g/mol. The van der Waals surface area contributed by atoms with Crippen LogP contribution in [0, 0.1) is 23.5 Å². The summed E-state index contributed by atoms with van der Waals surface area (Å²) in [5.41, 5.74) is 3.47. The van der Waals surface area contributed by atoms with Gasteiger partial charge in [0.2, 0.25) is 0 Å². The molecule has 94 valence electrons. The predicted molar refractivity (Wildman–Crippen MR) is 62.9 cm³/mol. The van der Waals surface area contributed by atoms with Crippen molar-refractivity contribution in [2.45, 2.75) is 32.2 Å². The van der Waals surface area contributed by atoms with Gasteiger partial charge in [0.25, 0.3) is 0 Å². The highest BCUT2D eigenvalue weighted by molar-refractivity contribution is 5.22. The number of hydrazine groups is 1. The average Bonchev–Trinajstić information content (AvgIpc) is 2.71. The Kier molecular flexibility index (Phi) is 3.74. The van der Waals surface area contributed by atoms with Crippen LogP contribution >= 0.6 is 0 Å². The quantitative estimate of drug-likeness (QED) is 0.629. The van der Waals surface area contributed by atoms with Gasteiger partial charge < -0.3 is 0 Å². The van der Waals surface area contributed by atoms with Gasteiger partial charge in [0, 0.05) is 6.04 Å². The molecule has 1 fully saturated rings. The molecule has 1 aromatic rings. The van der Waals surface area contributed by atoms with Crippen LogP contribution in [0.5, 0.6) is 0 Å². The van der Waals surface area contributed by atoms with Crippen LogP contribution < -0.4 is 11.3 Å². The van der Waals surface area contributed by atoms with Crippen LogP contribution in [0.3, 0.4) is 0 Å². The lowest BCUT2D eigenvalue weighted by atomic mass is 9.91. The molecular formula is C13H18F2N2. The molecule has 1 aromatic carbocycles. The molecular weight excluding hydrogens is 222 g/mol. The van der Waals surface area contributed by atoms with Crippen molar-refractivity contribution in [3.63, 3.8) is 0 Å². The Labute approximate surface area is 100 Å². The largest absolute Gasteiger partial charge is 0.271 e. The third-order valence-corrected chi connectivity index (χ3v) is 3.69. The SMILES string of the molecule is CC1CCC(C(NN)c2ccc(F)c(F)c2)C1. The first-order valence-electron chi connectivity index (χ1n) is 6.03. The molecule has 0 bridgehead atoms. The Bertz CT molecular complexity index is 395. The van der Waals surface area contributed by atoms with E-state index in [-0.39, 0.29) is 6.04 Å². The summed E-state index contributed by atoms with van der Waals surface area (Å²) in [6.07, 6.45) is 3.33. The van der Waals surface area contributed by atoms with Crippen molar-refractivity contribution < 1.29 is 8.78 Å². The summed E-state index contributed by atoms with van der Waals surface area (Å²) in [7, 11) is 0. The fourth-order valence-electron chi connectivity index (χ4n) is 2.76. The maximum atomic E-state index is 13.2. The first-order valence-corrected chi connectivity index (χ1v) is 6.03. The van der Waals surface area contributed by atoms with Gasteiger partial charge in [-0.3, -0.25) is 11.3 Å². The van der Waals surface area contributed by atoms with E-state index in [0.717, 1.165) is 24.5 Å². The third-order valence-electron chi connectivity index (χ3n) is 3.69. The van der Waals surface area contributed by atoms with Gasteiger partial charge in [-0.25, -0.2) is 8.78 Å². The Balaban J connectivity index is 2.20. The molecule has 17 heavy (non-hydrogen) atoms. The van der Waals surface area contributed by atoms with Crippen molar-refractivity contribution in [1.82, 2.24) is 5.43 Å². The van der Waals surface area contributed by atoms with E-state index < -0.39 is 11.6 Å². The Morgan fingerprint density at radius 2 is 2.06 bits per heavy atom. The summed E-state index contributed by atoms with van der Waals surface area (Å²) in [4.78, 5) is 0. The zero-order valence-corrected chi connectivity index (χ0v) is 9.92. The van der Waals surface area contributed by atoms with Crippen LogP contribution in [-0.4, -0.2) is 0 Å². The molecule has 3 N–H and O–H groups in total. The summed E-state index contributed by atoms with van der Waals surface area (Å²) in [6, 6.07) is 3.91. The smallest absolute Gasteiger partial charge is 0.159 e. The zero-order chi connectivity index (χ0) is 12.4. The number of hydrogen-bond donors (Lipinski definition) is 2. The molecule has 3 unspecified atom stereocenters.